The Balaban J connectivity index is 0.00000289. The van der Waals surface area contributed by atoms with Gasteiger partial charge in [-0.1, -0.05) is 101 Å². The molecule has 0 unspecified atom stereocenters. The van der Waals surface area contributed by atoms with Crippen molar-refractivity contribution >= 4 is 21.8 Å². The largest absolute Gasteiger partial charge is 2.00 e. The molecule has 4 heterocycles. The van der Waals surface area contributed by atoms with Crippen molar-refractivity contribution in [1.82, 2.24) is 15.0 Å². The minimum Gasteiger partial charge on any atom is -0.656 e. The molecule has 40 heavy (non-hydrogen) atoms. The molecule has 8 bridgehead atoms. The molecule has 1 aliphatic rings. The summed E-state index contributed by atoms with van der Waals surface area (Å²) in [6, 6.07) is 31.6. The molecule has 3 aromatic carbocycles. The van der Waals surface area contributed by atoms with E-state index in [1.54, 1.807) is 0 Å². The zero-order valence-corrected chi connectivity index (χ0v) is 24.7. The topological polar surface area (TPSA) is 39.9 Å². The maximum Gasteiger partial charge on any atom is 2.00 e. The zero-order chi connectivity index (χ0) is 27.1. The summed E-state index contributed by atoms with van der Waals surface area (Å²) in [7, 11) is 0. The van der Waals surface area contributed by atoms with Crippen LogP contribution in [0.1, 0.15) is 52.7 Å². The SMILES string of the molecule is CC(C)(C)c1cc2c3[n-]c4c(cc(C(C)(C)C)cc4c3c1)-c1cccc(n1)-c1[c-]c(ccc1)-c1cccc-2n1.[Ni+2]. The number of fused-ring (bicyclic) bond motifs is 11. The van der Waals surface area contributed by atoms with E-state index < -0.39 is 0 Å². The Morgan fingerprint density at radius 1 is 0.550 bits per heavy atom. The van der Waals surface area contributed by atoms with Gasteiger partial charge < -0.3 is 4.98 Å². The van der Waals surface area contributed by atoms with Gasteiger partial charge in [-0.3, -0.25) is 9.97 Å². The van der Waals surface area contributed by atoms with Gasteiger partial charge in [0, 0.05) is 11.4 Å². The summed E-state index contributed by atoms with van der Waals surface area (Å²) in [6.07, 6.45) is 0. The molecule has 4 heteroatoms. The number of rotatable bonds is 0. The molecule has 0 spiro atoms. The van der Waals surface area contributed by atoms with E-state index in [-0.39, 0.29) is 27.3 Å². The van der Waals surface area contributed by atoms with Gasteiger partial charge in [-0.2, -0.15) is 0 Å². The van der Waals surface area contributed by atoms with E-state index in [0.29, 0.717) is 0 Å². The molecule has 3 aromatic heterocycles. The summed E-state index contributed by atoms with van der Waals surface area (Å²) < 4.78 is 0. The van der Waals surface area contributed by atoms with Crippen molar-refractivity contribution in [3.05, 3.63) is 96.1 Å². The van der Waals surface area contributed by atoms with E-state index >= 15 is 0 Å². The Morgan fingerprint density at radius 2 is 0.950 bits per heavy atom. The van der Waals surface area contributed by atoms with Crippen molar-refractivity contribution in [1.29, 1.82) is 0 Å². The molecule has 0 radical (unpaired) electrons. The third kappa shape index (κ3) is 4.26. The first-order valence-electron chi connectivity index (χ1n) is 13.6. The van der Waals surface area contributed by atoms with Crippen LogP contribution in [-0.2, 0) is 27.3 Å². The Labute approximate surface area is 246 Å². The third-order valence-corrected chi connectivity index (χ3v) is 7.86. The molecule has 0 atom stereocenters. The molecule has 0 amide bonds. The quantitative estimate of drug-likeness (QED) is 0.136. The van der Waals surface area contributed by atoms with E-state index in [1.165, 1.54) is 21.9 Å². The van der Waals surface area contributed by atoms with Crippen molar-refractivity contribution < 1.29 is 16.5 Å². The van der Waals surface area contributed by atoms with Crippen molar-refractivity contribution in [2.24, 2.45) is 0 Å². The molecular formula is C36H31N3Ni. The molecule has 7 rings (SSSR count). The first-order chi connectivity index (χ1) is 18.6. The predicted octanol–water partition coefficient (Wildman–Crippen LogP) is 9.11. The smallest absolute Gasteiger partial charge is 0.656 e. The third-order valence-electron chi connectivity index (χ3n) is 7.86. The molecule has 1 aliphatic heterocycles. The zero-order valence-electron chi connectivity index (χ0n) is 23.7. The molecule has 0 fully saturated rings. The van der Waals surface area contributed by atoms with Crippen molar-refractivity contribution in [3.8, 4) is 45.0 Å². The van der Waals surface area contributed by atoms with Crippen LogP contribution in [0.3, 0.4) is 0 Å². The second kappa shape index (κ2) is 9.14. The van der Waals surface area contributed by atoms with E-state index in [1.807, 2.05) is 0 Å². The average molecular weight is 564 g/mol. The second-order valence-electron chi connectivity index (χ2n) is 12.7. The van der Waals surface area contributed by atoms with Crippen molar-refractivity contribution in [2.75, 3.05) is 0 Å². The van der Waals surface area contributed by atoms with Crippen LogP contribution < -0.4 is 4.98 Å². The summed E-state index contributed by atoms with van der Waals surface area (Å²) in [5, 5.41) is 2.34. The fourth-order valence-corrected chi connectivity index (χ4v) is 5.53. The van der Waals surface area contributed by atoms with Crippen LogP contribution >= 0.6 is 0 Å². The fraction of sp³-hybridized carbons (Fsp3) is 0.222. The molecule has 3 nitrogen and oxygen atoms in total. The Hall–Kier alpha value is -3.75. The Bertz CT molecular complexity index is 1800. The van der Waals surface area contributed by atoms with Gasteiger partial charge in [0.1, 0.15) is 0 Å². The predicted molar refractivity (Wildman–Crippen MR) is 162 cm³/mol. The maximum absolute atomic E-state index is 5.36. The Kier molecular flexibility index (Phi) is 6.05. The van der Waals surface area contributed by atoms with Crippen molar-refractivity contribution in [3.63, 3.8) is 0 Å². The first kappa shape index (κ1) is 26.5. The molecule has 0 aliphatic carbocycles. The first-order valence-corrected chi connectivity index (χ1v) is 13.6. The minimum absolute atomic E-state index is 0. The number of benzene rings is 3. The van der Waals surface area contributed by atoms with E-state index in [0.717, 1.165) is 56.1 Å². The summed E-state index contributed by atoms with van der Waals surface area (Å²) in [5.41, 5.74) is 12.1. The van der Waals surface area contributed by atoms with Crippen LogP contribution in [0, 0.1) is 6.07 Å². The second-order valence-corrected chi connectivity index (χ2v) is 12.7. The monoisotopic (exact) mass is 563 g/mol. The standard InChI is InChI=1S/C36H31N3.Ni/c1-35(2,3)23-17-25-26-18-24(36(4,5)6)20-28-32-15-9-13-30(38-32)22-11-7-10-21(16-22)29-12-8-14-31(37-29)27(19-23)33(25)39-34(26)28;/h7-15,17-20H,1-6H3;/q-2;+2. The number of pyridine rings is 2. The molecule has 0 N–H and O–H groups in total. The summed E-state index contributed by atoms with van der Waals surface area (Å²) in [4.78, 5) is 15.7. The Morgan fingerprint density at radius 3 is 1.38 bits per heavy atom. The minimum atomic E-state index is -0.0322. The number of hydrogen-bond donors (Lipinski definition) is 0. The van der Waals surface area contributed by atoms with E-state index in [9.17, 15) is 0 Å². The van der Waals surface area contributed by atoms with Crippen LogP contribution in [0.5, 0.6) is 0 Å². The van der Waals surface area contributed by atoms with Crippen LogP contribution in [0.15, 0.2) is 78.9 Å². The summed E-state index contributed by atoms with van der Waals surface area (Å²) in [5.74, 6) is 0. The van der Waals surface area contributed by atoms with Gasteiger partial charge in [0.05, 0.1) is 11.4 Å². The fourth-order valence-electron chi connectivity index (χ4n) is 5.53. The van der Waals surface area contributed by atoms with Gasteiger partial charge in [-0.05, 0) is 56.0 Å². The van der Waals surface area contributed by atoms with Crippen LogP contribution in [-0.4, -0.2) is 9.97 Å². The molecular weight excluding hydrogens is 533 g/mol. The van der Waals surface area contributed by atoms with Gasteiger partial charge in [-0.25, -0.2) is 0 Å². The van der Waals surface area contributed by atoms with Gasteiger partial charge in [0.2, 0.25) is 0 Å². The normalized spacial score (nSPS) is 12.6. The van der Waals surface area contributed by atoms with Gasteiger partial charge in [0.15, 0.2) is 0 Å². The summed E-state index contributed by atoms with van der Waals surface area (Å²) in [6.45, 7) is 13.6. The average Bonchev–Trinajstić information content (AvgIpc) is 3.30. The number of hydrogen-bond acceptors (Lipinski definition) is 2. The van der Waals surface area contributed by atoms with Crippen LogP contribution in [0.4, 0.5) is 0 Å². The van der Waals surface area contributed by atoms with E-state index in [2.05, 4.69) is 126 Å². The maximum atomic E-state index is 5.36. The molecule has 0 saturated heterocycles. The number of aromatic nitrogens is 3. The molecule has 6 aromatic rings. The van der Waals surface area contributed by atoms with Crippen LogP contribution in [0.25, 0.3) is 66.8 Å². The van der Waals surface area contributed by atoms with Gasteiger partial charge in [-0.15, -0.1) is 35.3 Å². The van der Waals surface area contributed by atoms with Crippen molar-refractivity contribution in [2.45, 2.75) is 52.4 Å². The summed E-state index contributed by atoms with van der Waals surface area (Å²) >= 11 is 0. The van der Waals surface area contributed by atoms with Crippen LogP contribution in [0.2, 0.25) is 0 Å². The number of nitrogens with zero attached hydrogens (tertiary/aromatic N) is 3. The van der Waals surface area contributed by atoms with Gasteiger partial charge in [0.25, 0.3) is 0 Å². The molecule has 0 saturated carbocycles. The molecule has 200 valence electrons. The van der Waals surface area contributed by atoms with Gasteiger partial charge >= 0.3 is 16.5 Å². The van der Waals surface area contributed by atoms with E-state index in [4.69, 9.17) is 15.0 Å².